The number of nitrogens with one attached hydrogen (secondary N) is 1. The van der Waals surface area contributed by atoms with E-state index in [0.29, 0.717) is 12.3 Å². The Morgan fingerprint density at radius 2 is 2.29 bits per heavy atom. The van der Waals surface area contributed by atoms with Gasteiger partial charge in [0.25, 0.3) is 0 Å². The molecule has 0 unspecified atom stereocenters. The van der Waals surface area contributed by atoms with Crippen LogP contribution in [-0.2, 0) is 0 Å². The highest BCUT2D eigenvalue weighted by molar-refractivity contribution is 5.51. The third-order valence-electron chi connectivity index (χ3n) is 2.24. The van der Waals surface area contributed by atoms with Gasteiger partial charge in [0, 0.05) is 12.6 Å². The summed E-state index contributed by atoms with van der Waals surface area (Å²) in [5.74, 6) is 0.315. The summed E-state index contributed by atoms with van der Waals surface area (Å²) in [4.78, 5) is 10.4. The summed E-state index contributed by atoms with van der Waals surface area (Å²) in [6, 6.07) is 4.86. The van der Waals surface area contributed by atoms with E-state index in [1.54, 1.807) is 26.1 Å². The average molecular weight is 236 g/mol. The minimum Gasteiger partial charge on any atom is -0.482 e. The second-order valence-electron chi connectivity index (χ2n) is 3.75. The molecule has 1 aromatic rings. The van der Waals surface area contributed by atoms with Gasteiger partial charge in [-0.3, -0.25) is 10.1 Å². The maximum absolute atomic E-state index is 10.8. The maximum Gasteiger partial charge on any atom is 0.311 e. The van der Waals surface area contributed by atoms with E-state index in [2.05, 4.69) is 11.9 Å². The van der Waals surface area contributed by atoms with Crippen LogP contribution in [0.25, 0.3) is 0 Å². The second-order valence-corrected chi connectivity index (χ2v) is 3.75. The lowest BCUT2D eigenvalue weighted by Crippen LogP contribution is -2.15. The molecule has 5 heteroatoms. The molecule has 92 valence electrons. The van der Waals surface area contributed by atoms with Crippen LogP contribution < -0.4 is 10.1 Å². The molecular weight excluding hydrogens is 220 g/mol. The normalized spacial score (nSPS) is 10.0. The number of rotatable bonds is 6. The lowest BCUT2D eigenvalue weighted by Gasteiger charge is -2.10. The first kappa shape index (κ1) is 13.2. The summed E-state index contributed by atoms with van der Waals surface area (Å²) in [5.41, 5.74) is 1.57. The first-order valence-electron chi connectivity index (χ1n) is 5.24. The Kier molecular flexibility index (Phi) is 4.66. The van der Waals surface area contributed by atoms with E-state index in [0.717, 1.165) is 11.1 Å². The number of nitro groups is 1. The number of para-hydroxylation sites is 1. The average Bonchev–Trinajstić information content (AvgIpc) is 2.27. The Morgan fingerprint density at radius 3 is 2.88 bits per heavy atom. The molecule has 0 aliphatic heterocycles. The van der Waals surface area contributed by atoms with Crippen LogP contribution in [0.15, 0.2) is 30.4 Å². The topological polar surface area (TPSA) is 64.4 Å². The predicted octanol–water partition coefficient (Wildman–Crippen LogP) is 2.06. The fourth-order valence-electron chi connectivity index (χ4n) is 1.44. The number of hydrogen-bond acceptors (Lipinski definition) is 4. The molecule has 0 spiro atoms. The van der Waals surface area contributed by atoms with Crippen molar-refractivity contribution in [1.82, 2.24) is 5.32 Å². The summed E-state index contributed by atoms with van der Waals surface area (Å²) in [6.45, 7) is 6.48. The molecule has 17 heavy (non-hydrogen) atoms. The van der Waals surface area contributed by atoms with Gasteiger partial charge in [0.05, 0.1) is 4.92 Å². The van der Waals surface area contributed by atoms with E-state index in [9.17, 15) is 10.1 Å². The van der Waals surface area contributed by atoms with E-state index in [1.807, 2.05) is 0 Å². The zero-order valence-electron chi connectivity index (χ0n) is 10.0. The minimum absolute atomic E-state index is 0.0118. The number of nitro benzene ring substituents is 1. The van der Waals surface area contributed by atoms with Crippen molar-refractivity contribution in [2.75, 3.05) is 20.2 Å². The third-order valence-corrected chi connectivity index (χ3v) is 2.24. The molecule has 0 bridgehead atoms. The van der Waals surface area contributed by atoms with E-state index in [1.165, 1.54) is 6.07 Å². The second kappa shape index (κ2) is 6.00. The fraction of sp³-hybridized carbons (Fsp3) is 0.333. The van der Waals surface area contributed by atoms with Crippen molar-refractivity contribution in [3.05, 3.63) is 46.0 Å². The number of benzene rings is 1. The van der Waals surface area contributed by atoms with Gasteiger partial charge in [0.2, 0.25) is 0 Å². The van der Waals surface area contributed by atoms with Gasteiger partial charge in [-0.25, -0.2) is 0 Å². The number of nitrogens with zero attached hydrogens (tertiary/aromatic N) is 1. The first-order chi connectivity index (χ1) is 8.06. The van der Waals surface area contributed by atoms with Crippen LogP contribution >= 0.6 is 0 Å². The van der Waals surface area contributed by atoms with Crippen molar-refractivity contribution in [2.24, 2.45) is 0 Å². The number of likely N-dealkylation sites (N-methyl/N-ethyl adjacent to an activating group) is 1. The lowest BCUT2D eigenvalue weighted by molar-refractivity contribution is -0.385. The Bertz CT molecular complexity index is 430. The Hall–Kier alpha value is -1.88. The van der Waals surface area contributed by atoms with Crippen molar-refractivity contribution in [2.45, 2.75) is 6.92 Å². The molecule has 0 aliphatic rings. The van der Waals surface area contributed by atoms with Gasteiger partial charge in [-0.2, -0.15) is 0 Å². The highest BCUT2D eigenvalue weighted by atomic mass is 16.6. The smallest absolute Gasteiger partial charge is 0.311 e. The summed E-state index contributed by atoms with van der Waals surface area (Å²) < 4.78 is 5.46. The molecule has 0 fully saturated rings. The first-order valence-corrected chi connectivity index (χ1v) is 5.24. The Morgan fingerprint density at radius 1 is 1.59 bits per heavy atom. The van der Waals surface area contributed by atoms with E-state index < -0.39 is 4.92 Å². The van der Waals surface area contributed by atoms with Gasteiger partial charge in [0.15, 0.2) is 5.75 Å². The largest absolute Gasteiger partial charge is 0.482 e. The van der Waals surface area contributed by atoms with E-state index in [-0.39, 0.29) is 12.3 Å². The van der Waals surface area contributed by atoms with Crippen LogP contribution in [0.3, 0.4) is 0 Å². The van der Waals surface area contributed by atoms with Crippen molar-refractivity contribution in [3.63, 3.8) is 0 Å². The predicted molar refractivity (Wildman–Crippen MR) is 66.4 cm³/mol. The Labute approximate surface area is 100 Å². The van der Waals surface area contributed by atoms with Crippen LogP contribution in [0.1, 0.15) is 5.56 Å². The summed E-state index contributed by atoms with van der Waals surface area (Å²) >= 11 is 0. The number of aryl methyl sites for hydroxylation is 1. The van der Waals surface area contributed by atoms with Crippen LogP contribution in [0.5, 0.6) is 5.75 Å². The lowest BCUT2D eigenvalue weighted by atomic mass is 10.2. The third kappa shape index (κ3) is 3.57. The standard InChI is InChI=1S/C12H16N2O3/c1-9(7-13-3)8-17-12-10(2)5-4-6-11(12)14(15)16/h4-6,13H,1,7-8H2,2-3H3. The minimum atomic E-state index is -0.441. The number of hydrogen-bond donors (Lipinski definition) is 1. The van der Waals surface area contributed by atoms with E-state index >= 15 is 0 Å². The molecule has 0 heterocycles. The van der Waals surface area contributed by atoms with Gasteiger partial charge in [-0.1, -0.05) is 18.7 Å². The molecule has 0 radical (unpaired) electrons. The maximum atomic E-state index is 10.8. The highest BCUT2D eigenvalue weighted by Crippen LogP contribution is 2.30. The van der Waals surface area contributed by atoms with Gasteiger partial charge in [-0.05, 0) is 25.1 Å². The van der Waals surface area contributed by atoms with E-state index in [4.69, 9.17) is 4.74 Å². The van der Waals surface area contributed by atoms with Crippen molar-refractivity contribution >= 4 is 5.69 Å². The van der Waals surface area contributed by atoms with Crippen LogP contribution in [0.2, 0.25) is 0 Å². The molecule has 0 amide bonds. The molecule has 1 rings (SSSR count). The quantitative estimate of drug-likeness (QED) is 0.466. The summed E-state index contributed by atoms with van der Waals surface area (Å²) in [5, 5.41) is 13.8. The molecule has 0 aliphatic carbocycles. The zero-order chi connectivity index (χ0) is 12.8. The molecule has 0 saturated heterocycles. The highest BCUT2D eigenvalue weighted by Gasteiger charge is 2.16. The van der Waals surface area contributed by atoms with Crippen molar-refractivity contribution in [3.8, 4) is 5.75 Å². The van der Waals surface area contributed by atoms with Gasteiger partial charge in [0.1, 0.15) is 6.61 Å². The monoisotopic (exact) mass is 236 g/mol. The molecule has 0 aromatic heterocycles. The number of ether oxygens (including phenoxy) is 1. The Balaban J connectivity index is 2.82. The molecular formula is C12H16N2O3. The molecule has 1 aromatic carbocycles. The van der Waals surface area contributed by atoms with Crippen molar-refractivity contribution < 1.29 is 9.66 Å². The zero-order valence-corrected chi connectivity index (χ0v) is 10.0. The molecule has 5 nitrogen and oxygen atoms in total. The fourth-order valence-corrected chi connectivity index (χ4v) is 1.44. The van der Waals surface area contributed by atoms with Crippen molar-refractivity contribution in [1.29, 1.82) is 0 Å². The summed E-state index contributed by atoms with van der Waals surface area (Å²) in [7, 11) is 1.81. The molecule has 0 atom stereocenters. The molecule has 1 N–H and O–H groups in total. The van der Waals surface area contributed by atoms with Crippen LogP contribution in [0, 0.1) is 17.0 Å². The van der Waals surface area contributed by atoms with Crippen LogP contribution in [0.4, 0.5) is 5.69 Å². The van der Waals surface area contributed by atoms with Gasteiger partial charge >= 0.3 is 5.69 Å². The SMILES string of the molecule is C=C(CNC)COc1c(C)cccc1[N+](=O)[O-]. The molecule has 0 saturated carbocycles. The van der Waals surface area contributed by atoms with Crippen LogP contribution in [-0.4, -0.2) is 25.1 Å². The van der Waals surface area contributed by atoms with Gasteiger partial charge in [-0.15, -0.1) is 0 Å². The van der Waals surface area contributed by atoms with Gasteiger partial charge < -0.3 is 10.1 Å². The summed E-state index contributed by atoms with van der Waals surface area (Å²) in [6.07, 6.45) is 0.